The van der Waals surface area contributed by atoms with E-state index in [-0.39, 0.29) is 5.91 Å². The van der Waals surface area contributed by atoms with E-state index in [9.17, 15) is 9.90 Å². The third-order valence-electron chi connectivity index (χ3n) is 2.58. The summed E-state index contributed by atoms with van der Waals surface area (Å²) in [5.74, 6) is -0.262. The lowest BCUT2D eigenvalue weighted by atomic mass is 9.96. The molecule has 0 radical (unpaired) electrons. The van der Waals surface area contributed by atoms with Gasteiger partial charge in [0.05, 0.1) is 5.60 Å². The van der Waals surface area contributed by atoms with E-state index < -0.39 is 5.60 Å². The van der Waals surface area contributed by atoms with Gasteiger partial charge in [-0.05, 0) is 38.5 Å². The molecule has 0 aliphatic heterocycles. The Hall–Kier alpha value is -1.79. The number of aryl methyl sites for hydroxylation is 1. The van der Waals surface area contributed by atoms with Crippen LogP contribution in [0, 0.1) is 6.92 Å². The van der Waals surface area contributed by atoms with Crippen molar-refractivity contribution in [3.05, 3.63) is 40.4 Å². The molecule has 0 bridgehead atoms. The number of hydrogen-bond acceptors (Lipinski definition) is 5. The minimum atomic E-state index is -0.977. The molecule has 2 aromatic rings. The van der Waals surface area contributed by atoms with Crippen LogP contribution in [0.15, 0.2) is 24.3 Å². The summed E-state index contributed by atoms with van der Waals surface area (Å²) in [5, 5.41) is 21.6. The number of amides is 1. The summed E-state index contributed by atoms with van der Waals surface area (Å²) in [6.45, 7) is 5.18. The fraction of sp³-hybridized carbons (Fsp3) is 0.308. The van der Waals surface area contributed by atoms with Gasteiger partial charge < -0.3 is 5.11 Å². The Balaban J connectivity index is 2.20. The number of rotatable bonds is 3. The highest BCUT2D eigenvalue weighted by molar-refractivity contribution is 7.15. The van der Waals surface area contributed by atoms with Crippen LogP contribution >= 0.6 is 11.3 Å². The van der Waals surface area contributed by atoms with E-state index in [1.54, 1.807) is 38.1 Å². The van der Waals surface area contributed by atoms with Crippen LogP contribution in [0.1, 0.15) is 34.8 Å². The first kappa shape index (κ1) is 13.6. The maximum Gasteiger partial charge on any atom is 0.257 e. The molecule has 0 saturated heterocycles. The highest BCUT2D eigenvalue weighted by atomic mass is 32.1. The number of carbonyl (C=O) groups is 1. The molecular formula is C13H15N3O2S. The van der Waals surface area contributed by atoms with Crippen molar-refractivity contribution in [2.75, 3.05) is 5.32 Å². The maximum absolute atomic E-state index is 12.0. The molecule has 2 rings (SSSR count). The molecular weight excluding hydrogens is 262 g/mol. The Bertz CT molecular complexity index is 602. The average molecular weight is 277 g/mol. The van der Waals surface area contributed by atoms with Gasteiger partial charge in [0, 0.05) is 5.56 Å². The smallest absolute Gasteiger partial charge is 0.257 e. The average Bonchev–Trinajstić information content (AvgIpc) is 2.74. The lowest BCUT2D eigenvalue weighted by Crippen LogP contribution is -2.18. The molecule has 0 spiro atoms. The zero-order valence-electron chi connectivity index (χ0n) is 11.0. The first-order chi connectivity index (χ1) is 8.86. The van der Waals surface area contributed by atoms with Crippen LogP contribution < -0.4 is 5.32 Å². The Kier molecular flexibility index (Phi) is 3.64. The summed E-state index contributed by atoms with van der Waals surface area (Å²) in [5.41, 5.74) is 0.191. The second-order valence-electron chi connectivity index (χ2n) is 4.72. The molecule has 19 heavy (non-hydrogen) atoms. The van der Waals surface area contributed by atoms with Crippen LogP contribution in [0.4, 0.5) is 5.13 Å². The summed E-state index contributed by atoms with van der Waals surface area (Å²) >= 11 is 1.32. The standard InChI is InChI=1S/C13H15N3O2S/c1-8-15-16-12(19-8)14-11(17)9-5-4-6-10(7-9)13(2,3)18/h4-7,18H,1-3H3,(H,14,16,17). The maximum atomic E-state index is 12.0. The van der Waals surface area contributed by atoms with Crippen LogP contribution in [-0.4, -0.2) is 21.2 Å². The molecule has 1 amide bonds. The molecule has 0 atom stereocenters. The Morgan fingerprint density at radius 2 is 2.11 bits per heavy atom. The third kappa shape index (κ3) is 3.36. The number of anilines is 1. The normalized spacial score (nSPS) is 11.4. The van der Waals surface area contributed by atoms with Crippen LogP contribution in [0.5, 0.6) is 0 Å². The van der Waals surface area contributed by atoms with E-state index in [0.29, 0.717) is 16.3 Å². The van der Waals surface area contributed by atoms with Crippen molar-refractivity contribution in [1.29, 1.82) is 0 Å². The van der Waals surface area contributed by atoms with E-state index in [0.717, 1.165) is 5.01 Å². The minimum absolute atomic E-state index is 0.262. The van der Waals surface area contributed by atoms with Gasteiger partial charge in [-0.15, -0.1) is 10.2 Å². The van der Waals surface area contributed by atoms with Gasteiger partial charge in [0.25, 0.3) is 5.91 Å². The first-order valence-electron chi connectivity index (χ1n) is 5.80. The largest absolute Gasteiger partial charge is 0.386 e. The summed E-state index contributed by atoms with van der Waals surface area (Å²) in [6, 6.07) is 6.89. The number of nitrogens with one attached hydrogen (secondary N) is 1. The first-order valence-corrected chi connectivity index (χ1v) is 6.62. The highest BCUT2D eigenvalue weighted by Gasteiger charge is 2.18. The van der Waals surface area contributed by atoms with Crippen molar-refractivity contribution in [3.63, 3.8) is 0 Å². The predicted molar refractivity (Wildman–Crippen MR) is 74.3 cm³/mol. The number of aromatic nitrogens is 2. The number of benzene rings is 1. The van der Waals surface area contributed by atoms with Crippen molar-refractivity contribution < 1.29 is 9.90 Å². The molecule has 1 aromatic heterocycles. The van der Waals surface area contributed by atoms with E-state index in [4.69, 9.17) is 0 Å². The molecule has 0 unspecified atom stereocenters. The number of nitrogens with zero attached hydrogens (tertiary/aromatic N) is 2. The number of carbonyl (C=O) groups excluding carboxylic acids is 1. The second kappa shape index (κ2) is 5.07. The van der Waals surface area contributed by atoms with Crippen LogP contribution in [-0.2, 0) is 5.60 Å². The lowest BCUT2D eigenvalue weighted by molar-refractivity contribution is 0.0785. The van der Waals surface area contributed by atoms with Crippen molar-refractivity contribution >= 4 is 22.4 Å². The molecule has 100 valence electrons. The summed E-state index contributed by atoms with van der Waals surface area (Å²) in [4.78, 5) is 12.0. The molecule has 0 aliphatic rings. The highest BCUT2D eigenvalue weighted by Crippen LogP contribution is 2.21. The van der Waals surface area contributed by atoms with Gasteiger partial charge in [-0.1, -0.05) is 23.5 Å². The molecule has 1 aromatic carbocycles. The number of hydrogen-bond donors (Lipinski definition) is 2. The molecule has 0 fully saturated rings. The molecule has 0 saturated carbocycles. The van der Waals surface area contributed by atoms with Crippen molar-refractivity contribution in [3.8, 4) is 0 Å². The Labute approximate surface area is 115 Å². The Morgan fingerprint density at radius 3 is 2.68 bits per heavy atom. The molecule has 6 heteroatoms. The fourth-order valence-corrected chi connectivity index (χ4v) is 2.14. The topological polar surface area (TPSA) is 75.1 Å². The van der Waals surface area contributed by atoms with Gasteiger partial charge >= 0.3 is 0 Å². The number of aliphatic hydroxyl groups is 1. The summed E-state index contributed by atoms with van der Waals surface area (Å²) < 4.78 is 0. The van der Waals surface area contributed by atoms with Gasteiger partial charge in [-0.25, -0.2) is 0 Å². The fourth-order valence-electron chi connectivity index (χ4n) is 1.56. The quantitative estimate of drug-likeness (QED) is 0.903. The SMILES string of the molecule is Cc1nnc(NC(=O)c2cccc(C(C)(C)O)c2)s1. The van der Waals surface area contributed by atoms with Gasteiger partial charge in [0.1, 0.15) is 5.01 Å². The molecule has 2 N–H and O–H groups in total. The van der Waals surface area contributed by atoms with E-state index >= 15 is 0 Å². The monoisotopic (exact) mass is 277 g/mol. The van der Waals surface area contributed by atoms with Crippen molar-refractivity contribution in [2.45, 2.75) is 26.4 Å². The van der Waals surface area contributed by atoms with E-state index in [1.807, 2.05) is 6.92 Å². The third-order valence-corrected chi connectivity index (χ3v) is 3.33. The second-order valence-corrected chi connectivity index (χ2v) is 5.90. The van der Waals surface area contributed by atoms with E-state index in [2.05, 4.69) is 15.5 Å². The Morgan fingerprint density at radius 1 is 1.37 bits per heavy atom. The van der Waals surface area contributed by atoms with Crippen molar-refractivity contribution in [1.82, 2.24) is 10.2 Å². The minimum Gasteiger partial charge on any atom is -0.386 e. The summed E-state index contributed by atoms with van der Waals surface area (Å²) in [7, 11) is 0. The van der Waals surface area contributed by atoms with Gasteiger partial charge in [0.2, 0.25) is 5.13 Å². The van der Waals surface area contributed by atoms with Crippen molar-refractivity contribution in [2.24, 2.45) is 0 Å². The predicted octanol–water partition coefficient (Wildman–Crippen LogP) is 2.33. The summed E-state index contributed by atoms with van der Waals surface area (Å²) in [6.07, 6.45) is 0. The molecule has 1 heterocycles. The van der Waals surface area contributed by atoms with Crippen LogP contribution in [0.2, 0.25) is 0 Å². The van der Waals surface area contributed by atoms with Gasteiger partial charge in [-0.3, -0.25) is 10.1 Å². The van der Waals surface area contributed by atoms with Gasteiger partial charge in [-0.2, -0.15) is 0 Å². The molecule has 5 nitrogen and oxygen atoms in total. The van der Waals surface area contributed by atoms with Crippen LogP contribution in [0.3, 0.4) is 0 Å². The zero-order chi connectivity index (χ0) is 14.0. The molecule has 0 aliphatic carbocycles. The van der Waals surface area contributed by atoms with E-state index in [1.165, 1.54) is 11.3 Å². The van der Waals surface area contributed by atoms with Gasteiger partial charge in [0.15, 0.2) is 0 Å². The van der Waals surface area contributed by atoms with Crippen LogP contribution in [0.25, 0.3) is 0 Å². The zero-order valence-corrected chi connectivity index (χ0v) is 11.8. The lowest BCUT2D eigenvalue weighted by Gasteiger charge is -2.18.